The Morgan fingerprint density at radius 1 is 1.25 bits per heavy atom. The predicted octanol–water partition coefficient (Wildman–Crippen LogP) is 4.05. The highest BCUT2D eigenvalue weighted by atomic mass is 19.4. The highest BCUT2D eigenvalue weighted by molar-refractivity contribution is 4.75. The number of nitrogens with one attached hydrogen (secondary N) is 1. The second kappa shape index (κ2) is 8.62. The zero-order valence-electron chi connectivity index (χ0n) is 9.95. The van der Waals surface area contributed by atoms with Crippen LogP contribution in [0.1, 0.15) is 45.4 Å². The number of allylic oxidation sites excluding steroid dienone is 1. The van der Waals surface area contributed by atoms with Crippen LogP contribution in [0.3, 0.4) is 0 Å². The van der Waals surface area contributed by atoms with Crippen molar-refractivity contribution in [3.05, 3.63) is 12.7 Å². The van der Waals surface area contributed by atoms with Gasteiger partial charge in [0.1, 0.15) is 6.04 Å². The molecule has 0 spiro atoms. The van der Waals surface area contributed by atoms with Crippen molar-refractivity contribution in [3.8, 4) is 0 Å². The van der Waals surface area contributed by atoms with Gasteiger partial charge in [0.05, 0.1) is 0 Å². The van der Waals surface area contributed by atoms with E-state index < -0.39 is 12.2 Å². The van der Waals surface area contributed by atoms with Crippen molar-refractivity contribution in [2.45, 2.75) is 57.7 Å². The van der Waals surface area contributed by atoms with Gasteiger partial charge in [0.25, 0.3) is 0 Å². The van der Waals surface area contributed by atoms with Gasteiger partial charge in [-0.1, -0.05) is 25.8 Å². The van der Waals surface area contributed by atoms with E-state index in [2.05, 4.69) is 11.9 Å². The van der Waals surface area contributed by atoms with E-state index in [-0.39, 0.29) is 6.42 Å². The molecule has 96 valence electrons. The van der Waals surface area contributed by atoms with Crippen molar-refractivity contribution in [1.82, 2.24) is 5.32 Å². The number of unbranched alkanes of at least 4 members (excludes halogenated alkanes) is 3. The van der Waals surface area contributed by atoms with Gasteiger partial charge < -0.3 is 5.32 Å². The van der Waals surface area contributed by atoms with Crippen LogP contribution in [0.15, 0.2) is 12.7 Å². The molecule has 0 aromatic carbocycles. The van der Waals surface area contributed by atoms with Gasteiger partial charge in [-0.15, -0.1) is 6.58 Å². The molecule has 0 aromatic rings. The lowest BCUT2D eigenvalue weighted by molar-refractivity contribution is -0.157. The molecule has 16 heavy (non-hydrogen) atoms. The summed E-state index contributed by atoms with van der Waals surface area (Å²) in [6.07, 6.45) is 1.87. The summed E-state index contributed by atoms with van der Waals surface area (Å²) in [5.74, 6) is 0. The van der Waals surface area contributed by atoms with Gasteiger partial charge in [-0.3, -0.25) is 0 Å². The van der Waals surface area contributed by atoms with Gasteiger partial charge in [-0.2, -0.15) is 13.2 Å². The number of hydrogen-bond donors (Lipinski definition) is 1. The van der Waals surface area contributed by atoms with E-state index in [1.165, 1.54) is 0 Å². The molecule has 0 saturated carbocycles. The molecule has 0 amide bonds. The minimum atomic E-state index is -4.12. The monoisotopic (exact) mass is 237 g/mol. The zero-order chi connectivity index (χ0) is 12.4. The van der Waals surface area contributed by atoms with Crippen molar-refractivity contribution in [2.24, 2.45) is 0 Å². The first-order chi connectivity index (χ1) is 7.52. The predicted molar refractivity (Wildman–Crippen MR) is 61.4 cm³/mol. The lowest BCUT2D eigenvalue weighted by atomic mass is 10.1. The Hall–Kier alpha value is -0.510. The second-order valence-corrected chi connectivity index (χ2v) is 3.98. The maximum absolute atomic E-state index is 12.5. The average Bonchev–Trinajstić information content (AvgIpc) is 2.20. The molecular formula is C12H22F3N. The molecule has 0 aliphatic heterocycles. The maximum Gasteiger partial charge on any atom is 0.403 e. The molecule has 0 heterocycles. The van der Waals surface area contributed by atoms with E-state index in [9.17, 15) is 13.2 Å². The van der Waals surface area contributed by atoms with E-state index in [4.69, 9.17) is 0 Å². The quantitative estimate of drug-likeness (QED) is 0.471. The molecule has 1 N–H and O–H groups in total. The Kier molecular flexibility index (Phi) is 8.35. The summed E-state index contributed by atoms with van der Waals surface area (Å²) in [5.41, 5.74) is 0. The van der Waals surface area contributed by atoms with Crippen molar-refractivity contribution >= 4 is 0 Å². The van der Waals surface area contributed by atoms with Crippen LogP contribution in [0.2, 0.25) is 0 Å². The topological polar surface area (TPSA) is 12.0 Å². The van der Waals surface area contributed by atoms with Crippen molar-refractivity contribution in [3.63, 3.8) is 0 Å². The smallest absolute Gasteiger partial charge is 0.306 e. The summed E-state index contributed by atoms with van der Waals surface area (Å²) < 4.78 is 37.6. The first-order valence-corrected chi connectivity index (χ1v) is 5.93. The minimum Gasteiger partial charge on any atom is -0.306 e. The van der Waals surface area contributed by atoms with Crippen LogP contribution in [-0.2, 0) is 0 Å². The van der Waals surface area contributed by atoms with E-state index in [0.29, 0.717) is 13.0 Å². The Balaban J connectivity index is 3.79. The first-order valence-electron chi connectivity index (χ1n) is 5.93. The summed E-state index contributed by atoms with van der Waals surface area (Å²) in [6.45, 7) is 5.87. The SMILES string of the molecule is C=CCCCCCC(NCCC)C(F)(F)F. The Morgan fingerprint density at radius 3 is 2.44 bits per heavy atom. The Labute approximate surface area is 96.1 Å². The lowest BCUT2D eigenvalue weighted by Crippen LogP contribution is -2.42. The molecule has 1 atom stereocenters. The van der Waals surface area contributed by atoms with Crippen LogP contribution >= 0.6 is 0 Å². The maximum atomic E-state index is 12.5. The van der Waals surface area contributed by atoms with E-state index in [0.717, 1.165) is 25.7 Å². The fraction of sp³-hybridized carbons (Fsp3) is 0.833. The molecule has 0 bridgehead atoms. The summed E-state index contributed by atoms with van der Waals surface area (Å²) in [7, 11) is 0. The van der Waals surface area contributed by atoms with Crippen molar-refractivity contribution in [1.29, 1.82) is 0 Å². The molecule has 0 aromatic heterocycles. The molecule has 0 fully saturated rings. The molecule has 1 nitrogen and oxygen atoms in total. The molecule has 0 aliphatic rings. The molecule has 0 saturated heterocycles. The van der Waals surface area contributed by atoms with Crippen LogP contribution in [0.5, 0.6) is 0 Å². The number of hydrogen-bond acceptors (Lipinski definition) is 1. The van der Waals surface area contributed by atoms with Crippen LogP contribution in [0, 0.1) is 0 Å². The van der Waals surface area contributed by atoms with E-state index in [1.54, 1.807) is 6.08 Å². The molecular weight excluding hydrogens is 215 g/mol. The average molecular weight is 237 g/mol. The van der Waals surface area contributed by atoms with Gasteiger partial charge in [-0.25, -0.2) is 0 Å². The summed E-state index contributed by atoms with van der Waals surface area (Å²) in [4.78, 5) is 0. The van der Waals surface area contributed by atoms with Crippen molar-refractivity contribution < 1.29 is 13.2 Å². The first kappa shape index (κ1) is 15.5. The fourth-order valence-electron chi connectivity index (χ4n) is 1.51. The number of rotatable bonds is 9. The lowest BCUT2D eigenvalue weighted by Gasteiger charge is -2.21. The number of alkyl halides is 3. The van der Waals surface area contributed by atoms with Crippen LogP contribution in [0.4, 0.5) is 13.2 Å². The molecule has 0 aliphatic carbocycles. The highest BCUT2D eigenvalue weighted by Gasteiger charge is 2.38. The zero-order valence-corrected chi connectivity index (χ0v) is 9.95. The van der Waals surface area contributed by atoms with Gasteiger partial charge in [-0.05, 0) is 32.2 Å². The normalized spacial score (nSPS) is 13.8. The largest absolute Gasteiger partial charge is 0.403 e. The van der Waals surface area contributed by atoms with Gasteiger partial charge >= 0.3 is 6.18 Å². The number of halogens is 3. The van der Waals surface area contributed by atoms with Crippen LogP contribution < -0.4 is 5.32 Å². The highest BCUT2D eigenvalue weighted by Crippen LogP contribution is 2.24. The van der Waals surface area contributed by atoms with E-state index in [1.807, 2.05) is 6.92 Å². The summed E-state index contributed by atoms with van der Waals surface area (Å²) >= 11 is 0. The van der Waals surface area contributed by atoms with Crippen LogP contribution in [-0.4, -0.2) is 18.8 Å². The van der Waals surface area contributed by atoms with Gasteiger partial charge in [0.15, 0.2) is 0 Å². The Bertz CT molecular complexity index is 178. The standard InChI is InChI=1S/C12H22F3N/c1-3-5-6-7-8-9-11(12(13,14)15)16-10-4-2/h3,11,16H,1,4-10H2,2H3. The third-order valence-electron chi connectivity index (χ3n) is 2.44. The van der Waals surface area contributed by atoms with Gasteiger partial charge in [0.2, 0.25) is 0 Å². The Morgan fingerprint density at radius 2 is 1.94 bits per heavy atom. The molecule has 0 radical (unpaired) electrons. The van der Waals surface area contributed by atoms with Gasteiger partial charge in [0, 0.05) is 0 Å². The minimum absolute atomic E-state index is 0.181. The summed E-state index contributed by atoms with van der Waals surface area (Å²) in [6, 6.07) is -1.34. The van der Waals surface area contributed by atoms with Crippen molar-refractivity contribution in [2.75, 3.05) is 6.54 Å². The third-order valence-corrected chi connectivity index (χ3v) is 2.44. The second-order valence-electron chi connectivity index (χ2n) is 3.98. The molecule has 0 rings (SSSR count). The van der Waals surface area contributed by atoms with Crippen LogP contribution in [0.25, 0.3) is 0 Å². The summed E-state index contributed by atoms with van der Waals surface area (Å²) in [5, 5.41) is 2.56. The molecule has 1 unspecified atom stereocenters. The fourth-order valence-corrected chi connectivity index (χ4v) is 1.51. The van der Waals surface area contributed by atoms with E-state index >= 15 is 0 Å². The third kappa shape index (κ3) is 7.74. The molecule has 4 heteroatoms.